The number of aromatic nitrogens is 2. The Hall–Kier alpha value is -3.80. The van der Waals surface area contributed by atoms with E-state index < -0.39 is 0 Å². The highest BCUT2D eigenvalue weighted by Crippen LogP contribution is 2.34. The van der Waals surface area contributed by atoms with Crippen LogP contribution in [0.15, 0.2) is 89.8 Å². The van der Waals surface area contributed by atoms with Gasteiger partial charge in [-0.2, -0.15) is 5.10 Å². The average molecular weight is 384 g/mol. The summed E-state index contributed by atoms with van der Waals surface area (Å²) in [6.45, 7) is 1.05. The molecular weight excluding hydrogens is 364 g/mol. The molecule has 0 radical (unpaired) electrons. The van der Waals surface area contributed by atoms with Crippen molar-refractivity contribution in [2.75, 3.05) is 5.32 Å². The molecule has 1 amide bonds. The summed E-state index contributed by atoms with van der Waals surface area (Å²) in [4.78, 5) is 15.0. The molecule has 0 bridgehead atoms. The Morgan fingerprint density at radius 2 is 1.79 bits per heavy atom. The van der Waals surface area contributed by atoms with Crippen LogP contribution in [0.4, 0.5) is 5.69 Å². The van der Waals surface area contributed by atoms with Crippen molar-refractivity contribution in [1.29, 1.82) is 0 Å². The van der Waals surface area contributed by atoms with Crippen LogP contribution in [0.1, 0.15) is 33.4 Å². The molecule has 6 nitrogen and oxygen atoms in total. The Kier molecular flexibility index (Phi) is 4.37. The Bertz CT molecular complexity index is 1120. The van der Waals surface area contributed by atoms with Gasteiger partial charge in [-0.3, -0.25) is 9.48 Å². The van der Waals surface area contributed by atoms with Gasteiger partial charge in [0.15, 0.2) is 0 Å². The third kappa shape index (κ3) is 3.40. The number of benzene rings is 2. The van der Waals surface area contributed by atoms with Gasteiger partial charge in [-0.25, -0.2) is 0 Å². The second-order valence-electron chi connectivity index (χ2n) is 7.06. The molecule has 0 unspecified atom stereocenters. The zero-order valence-corrected chi connectivity index (χ0v) is 15.7. The van der Waals surface area contributed by atoms with E-state index in [0.717, 1.165) is 17.0 Å². The van der Waals surface area contributed by atoms with Gasteiger partial charge >= 0.3 is 0 Å². The van der Waals surface area contributed by atoms with E-state index in [1.807, 2.05) is 71.7 Å². The second kappa shape index (κ2) is 7.31. The van der Waals surface area contributed by atoms with Gasteiger partial charge in [0.1, 0.15) is 11.9 Å². The zero-order valence-electron chi connectivity index (χ0n) is 15.7. The molecule has 1 N–H and O–H groups in total. The first-order valence-electron chi connectivity index (χ1n) is 9.53. The minimum Gasteiger partial charge on any atom is -0.467 e. The van der Waals surface area contributed by atoms with Crippen LogP contribution < -0.4 is 5.32 Å². The predicted octanol–water partition coefficient (Wildman–Crippen LogP) is 4.29. The van der Waals surface area contributed by atoms with Crippen LogP contribution in [0, 0.1) is 0 Å². The first-order valence-corrected chi connectivity index (χ1v) is 9.53. The monoisotopic (exact) mass is 384 g/mol. The smallest absolute Gasteiger partial charge is 0.258 e. The fourth-order valence-corrected chi connectivity index (χ4v) is 3.67. The molecule has 2 aromatic carbocycles. The average Bonchev–Trinajstić information content (AvgIpc) is 3.43. The molecule has 0 aliphatic carbocycles. The summed E-state index contributed by atoms with van der Waals surface area (Å²) >= 11 is 0. The van der Waals surface area contributed by atoms with Crippen molar-refractivity contribution < 1.29 is 9.21 Å². The van der Waals surface area contributed by atoms with E-state index in [1.165, 1.54) is 5.56 Å². The molecule has 1 aliphatic heterocycles. The van der Waals surface area contributed by atoms with E-state index in [-0.39, 0.29) is 12.1 Å². The van der Waals surface area contributed by atoms with Crippen molar-refractivity contribution in [3.05, 3.63) is 108 Å². The largest absolute Gasteiger partial charge is 0.467 e. The van der Waals surface area contributed by atoms with Crippen LogP contribution in [0.25, 0.3) is 0 Å². The zero-order chi connectivity index (χ0) is 19.6. The fourth-order valence-electron chi connectivity index (χ4n) is 3.67. The van der Waals surface area contributed by atoms with Gasteiger partial charge in [0.2, 0.25) is 0 Å². The molecule has 144 valence electrons. The summed E-state index contributed by atoms with van der Waals surface area (Å²) in [6, 6.07) is 21.5. The second-order valence-corrected chi connectivity index (χ2v) is 7.06. The lowest BCUT2D eigenvalue weighted by atomic mass is 10.1. The number of hydrogen-bond acceptors (Lipinski definition) is 4. The summed E-state index contributed by atoms with van der Waals surface area (Å²) in [7, 11) is 0. The van der Waals surface area contributed by atoms with E-state index in [2.05, 4.69) is 22.5 Å². The van der Waals surface area contributed by atoms with E-state index >= 15 is 0 Å². The van der Waals surface area contributed by atoms with E-state index in [9.17, 15) is 4.79 Å². The van der Waals surface area contributed by atoms with Gasteiger partial charge in [0, 0.05) is 17.4 Å². The van der Waals surface area contributed by atoms with Crippen LogP contribution in [0.3, 0.4) is 0 Å². The topological polar surface area (TPSA) is 63.3 Å². The van der Waals surface area contributed by atoms with Crippen LogP contribution in [-0.2, 0) is 13.1 Å². The highest BCUT2D eigenvalue weighted by atomic mass is 16.3. The van der Waals surface area contributed by atoms with Gasteiger partial charge in [0.05, 0.1) is 31.1 Å². The fraction of sp³-hybridized carbons (Fsp3) is 0.130. The maximum Gasteiger partial charge on any atom is 0.258 e. The highest BCUT2D eigenvalue weighted by molar-refractivity contribution is 6.01. The number of rotatable bonds is 5. The van der Waals surface area contributed by atoms with Crippen molar-refractivity contribution in [2.45, 2.75) is 19.3 Å². The predicted molar refractivity (Wildman–Crippen MR) is 109 cm³/mol. The number of amides is 1. The molecule has 2 aromatic heterocycles. The number of carbonyl (C=O) groups is 1. The number of carbonyl (C=O) groups excluding carboxylic acids is 1. The molecule has 6 heteroatoms. The van der Waals surface area contributed by atoms with Crippen molar-refractivity contribution in [2.24, 2.45) is 0 Å². The van der Waals surface area contributed by atoms with Gasteiger partial charge in [-0.1, -0.05) is 42.5 Å². The number of fused-ring (bicyclic) bond motifs is 1. The number of nitrogens with one attached hydrogen (secondary N) is 1. The lowest BCUT2D eigenvalue weighted by Gasteiger charge is -2.37. The van der Waals surface area contributed by atoms with Gasteiger partial charge in [-0.15, -0.1) is 0 Å². The number of furan rings is 1. The summed E-state index contributed by atoms with van der Waals surface area (Å²) in [5, 5.41) is 8.01. The summed E-state index contributed by atoms with van der Waals surface area (Å²) in [5.41, 5.74) is 3.59. The van der Waals surface area contributed by atoms with Crippen LogP contribution in [0.2, 0.25) is 0 Å². The minimum atomic E-state index is -0.327. The molecule has 29 heavy (non-hydrogen) atoms. The molecule has 5 rings (SSSR count). The quantitative estimate of drug-likeness (QED) is 0.557. The molecule has 0 fully saturated rings. The molecule has 4 aromatic rings. The SMILES string of the molecule is O=C1c2ccccc2N[C@@H](c2cnn(Cc3ccccc3)c2)N1Cc1ccco1. The Morgan fingerprint density at radius 1 is 0.966 bits per heavy atom. The third-order valence-corrected chi connectivity index (χ3v) is 5.08. The van der Waals surface area contributed by atoms with Crippen molar-refractivity contribution in [3.63, 3.8) is 0 Å². The number of nitrogens with zero attached hydrogens (tertiary/aromatic N) is 3. The van der Waals surface area contributed by atoms with E-state index in [0.29, 0.717) is 18.7 Å². The lowest BCUT2D eigenvalue weighted by molar-refractivity contribution is 0.0651. The molecular formula is C23H20N4O2. The van der Waals surface area contributed by atoms with E-state index in [4.69, 9.17) is 4.42 Å². The molecule has 1 aliphatic rings. The molecule has 3 heterocycles. The molecule has 0 spiro atoms. The van der Waals surface area contributed by atoms with Crippen molar-refractivity contribution in [3.8, 4) is 0 Å². The normalized spacial score (nSPS) is 15.8. The van der Waals surface area contributed by atoms with Crippen LogP contribution in [0.5, 0.6) is 0 Å². The summed E-state index contributed by atoms with van der Waals surface area (Å²) < 4.78 is 7.39. The number of hydrogen-bond donors (Lipinski definition) is 1. The molecule has 1 atom stereocenters. The standard InChI is InChI=1S/C23H20N4O2/c28-23-20-10-4-5-11-21(20)25-22(27(23)16-19-9-6-12-29-19)18-13-24-26(15-18)14-17-7-2-1-3-8-17/h1-13,15,22,25H,14,16H2/t22-/m1/s1. The minimum absolute atomic E-state index is 0.0310. The summed E-state index contributed by atoms with van der Waals surface area (Å²) in [5.74, 6) is 0.706. The third-order valence-electron chi connectivity index (χ3n) is 5.08. The first kappa shape index (κ1) is 17.3. The maximum atomic E-state index is 13.2. The lowest BCUT2D eigenvalue weighted by Crippen LogP contribution is -2.42. The van der Waals surface area contributed by atoms with Crippen LogP contribution >= 0.6 is 0 Å². The maximum absolute atomic E-state index is 13.2. The Balaban J connectivity index is 1.47. The molecule has 0 saturated carbocycles. The van der Waals surface area contributed by atoms with Crippen molar-refractivity contribution >= 4 is 11.6 Å². The summed E-state index contributed by atoms with van der Waals surface area (Å²) in [6.07, 6.45) is 5.10. The number of para-hydroxylation sites is 1. The Morgan fingerprint density at radius 3 is 2.62 bits per heavy atom. The van der Waals surface area contributed by atoms with E-state index in [1.54, 1.807) is 11.2 Å². The highest BCUT2D eigenvalue weighted by Gasteiger charge is 2.34. The van der Waals surface area contributed by atoms with Crippen LogP contribution in [-0.4, -0.2) is 20.6 Å². The van der Waals surface area contributed by atoms with Gasteiger partial charge < -0.3 is 14.6 Å². The van der Waals surface area contributed by atoms with Gasteiger partial charge in [0.25, 0.3) is 5.91 Å². The molecule has 0 saturated heterocycles. The van der Waals surface area contributed by atoms with Gasteiger partial charge in [-0.05, 0) is 29.8 Å². The number of anilines is 1. The van der Waals surface area contributed by atoms with Crippen molar-refractivity contribution in [1.82, 2.24) is 14.7 Å². The first-order chi connectivity index (χ1) is 14.3. The Labute approximate surface area is 168 Å².